The minimum absolute atomic E-state index is 0.0711. The van der Waals surface area contributed by atoms with Gasteiger partial charge in [-0.3, -0.25) is 14.4 Å². The maximum absolute atomic E-state index is 13.0. The third-order valence-electron chi connectivity index (χ3n) is 5.38. The molecular formula is C23H26N2O3. The van der Waals surface area contributed by atoms with Gasteiger partial charge < -0.3 is 10.6 Å². The molecule has 1 aliphatic rings. The number of hydrogen-bond donors (Lipinski definition) is 2. The van der Waals surface area contributed by atoms with Crippen LogP contribution in [0, 0.1) is 5.41 Å². The van der Waals surface area contributed by atoms with E-state index >= 15 is 0 Å². The molecule has 0 aliphatic heterocycles. The Morgan fingerprint density at radius 1 is 0.893 bits per heavy atom. The fraction of sp³-hybridized carbons (Fsp3) is 0.348. The molecule has 0 saturated heterocycles. The Morgan fingerprint density at radius 2 is 1.46 bits per heavy atom. The summed E-state index contributed by atoms with van der Waals surface area (Å²) in [6.45, 7) is 5.57. The number of ketones is 1. The molecule has 28 heavy (non-hydrogen) atoms. The van der Waals surface area contributed by atoms with Crippen LogP contribution in [0.3, 0.4) is 0 Å². The van der Waals surface area contributed by atoms with Crippen molar-refractivity contribution >= 4 is 29.0 Å². The Bertz CT molecular complexity index is 907. The quantitative estimate of drug-likeness (QED) is 0.555. The summed E-state index contributed by atoms with van der Waals surface area (Å²) in [6, 6.07) is 12.8. The van der Waals surface area contributed by atoms with Gasteiger partial charge in [-0.25, -0.2) is 0 Å². The van der Waals surface area contributed by atoms with Gasteiger partial charge >= 0.3 is 0 Å². The number of aryl methyl sites for hydroxylation is 2. The molecule has 5 heteroatoms. The standard InChI is InChI=1S/C23H26N2O3/c1-4-16-8-6-9-17(5-2)20(16)25-22(28)23(12-13-23)21(27)24-19-11-7-10-18(14-19)15(3)26/h6-11,14H,4-5,12-13H2,1-3H3,(H,24,27)(H,25,28). The molecule has 0 unspecified atom stereocenters. The maximum atomic E-state index is 13.0. The number of carbonyl (C=O) groups is 3. The molecule has 1 fully saturated rings. The first-order valence-electron chi connectivity index (χ1n) is 9.76. The van der Waals surface area contributed by atoms with E-state index < -0.39 is 5.41 Å². The molecule has 2 amide bonds. The van der Waals surface area contributed by atoms with Crippen LogP contribution >= 0.6 is 0 Å². The second-order valence-electron chi connectivity index (χ2n) is 7.29. The molecule has 0 heterocycles. The average molecular weight is 378 g/mol. The number of rotatable bonds is 7. The lowest BCUT2D eigenvalue weighted by Crippen LogP contribution is -2.36. The van der Waals surface area contributed by atoms with Crippen LogP contribution in [-0.4, -0.2) is 17.6 Å². The minimum atomic E-state index is -1.04. The zero-order chi connectivity index (χ0) is 20.3. The van der Waals surface area contributed by atoms with Gasteiger partial charge in [0.1, 0.15) is 5.41 Å². The average Bonchev–Trinajstić information content (AvgIpc) is 3.50. The molecular weight excluding hydrogens is 352 g/mol. The Balaban J connectivity index is 1.78. The summed E-state index contributed by atoms with van der Waals surface area (Å²) < 4.78 is 0. The van der Waals surface area contributed by atoms with Gasteiger partial charge in [0.2, 0.25) is 11.8 Å². The zero-order valence-corrected chi connectivity index (χ0v) is 16.6. The Labute approximate surface area is 165 Å². The summed E-state index contributed by atoms with van der Waals surface area (Å²) in [5, 5.41) is 5.84. The van der Waals surface area contributed by atoms with E-state index in [-0.39, 0.29) is 17.6 Å². The number of anilines is 2. The molecule has 0 atom stereocenters. The highest BCUT2D eigenvalue weighted by atomic mass is 16.2. The van der Waals surface area contributed by atoms with E-state index in [2.05, 4.69) is 10.6 Å². The van der Waals surface area contributed by atoms with Crippen LogP contribution in [0.4, 0.5) is 11.4 Å². The van der Waals surface area contributed by atoms with Crippen molar-refractivity contribution in [1.82, 2.24) is 0 Å². The monoisotopic (exact) mass is 378 g/mol. The number of Topliss-reactive ketones (excluding diaryl/α,β-unsaturated/α-hetero) is 1. The fourth-order valence-electron chi connectivity index (χ4n) is 3.39. The van der Waals surface area contributed by atoms with Crippen molar-refractivity contribution in [3.63, 3.8) is 0 Å². The molecule has 0 radical (unpaired) electrons. The van der Waals surface area contributed by atoms with Crippen molar-refractivity contribution in [3.05, 3.63) is 59.2 Å². The largest absolute Gasteiger partial charge is 0.325 e. The van der Waals surface area contributed by atoms with Crippen LogP contribution in [-0.2, 0) is 22.4 Å². The van der Waals surface area contributed by atoms with Crippen molar-refractivity contribution in [2.45, 2.75) is 46.5 Å². The number of carbonyl (C=O) groups excluding carboxylic acids is 3. The SMILES string of the molecule is CCc1cccc(CC)c1NC(=O)C1(C(=O)Nc2cccc(C(C)=O)c2)CC1. The van der Waals surface area contributed by atoms with Gasteiger partial charge in [0.05, 0.1) is 0 Å². The van der Waals surface area contributed by atoms with E-state index in [1.807, 2.05) is 32.0 Å². The van der Waals surface area contributed by atoms with E-state index in [0.717, 1.165) is 29.7 Å². The number of hydrogen-bond acceptors (Lipinski definition) is 3. The third-order valence-corrected chi connectivity index (χ3v) is 5.38. The van der Waals surface area contributed by atoms with Crippen LogP contribution in [0.25, 0.3) is 0 Å². The van der Waals surface area contributed by atoms with E-state index in [4.69, 9.17) is 0 Å². The van der Waals surface area contributed by atoms with Gasteiger partial charge in [-0.15, -0.1) is 0 Å². The van der Waals surface area contributed by atoms with Gasteiger partial charge in [0, 0.05) is 16.9 Å². The first-order valence-corrected chi connectivity index (χ1v) is 9.76. The number of nitrogens with one attached hydrogen (secondary N) is 2. The van der Waals surface area contributed by atoms with Crippen LogP contribution in [0.5, 0.6) is 0 Å². The molecule has 146 valence electrons. The van der Waals surface area contributed by atoms with Crippen molar-refractivity contribution in [2.75, 3.05) is 10.6 Å². The lowest BCUT2D eigenvalue weighted by atomic mass is 10.00. The van der Waals surface area contributed by atoms with Gasteiger partial charge in [0.15, 0.2) is 5.78 Å². The van der Waals surface area contributed by atoms with Crippen molar-refractivity contribution in [1.29, 1.82) is 0 Å². The Morgan fingerprint density at radius 3 is 2.00 bits per heavy atom. The van der Waals surface area contributed by atoms with Gasteiger partial charge in [-0.1, -0.05) is 44.2 Å². The lowest BCUT2D eigenvalue weighted by molar-refractivity contribution is -0.131. The van der Waals surface area contributed by atoms with Crippen LogP contribution < -0.4 is 10.6 Å². The second kappa shape index (κ2) is 7.97. The summed E-state index contributed by atoms with van der Waals surface area (Å²) in [5.41, 5.74) is 2.97. The normalized spacial score (nSPS) is 14.2. The number of para-hydroxylation sites is 1. The molecule has 1 aliphatic carbocycles. The molecule has 2 N–H and O–H groups in total. The predicted octanol–water partition coefficient (Wildman–Crippen LogP) is 4.37. The Hall–Kier alpha value is -2.95. The summed E-state index contributed by atoms with van der Waals surface area (Å²) in [5.74, 6) is -0.653. The molecule has 3 rings (SSSR count). The number of amides is 2. The van der Waals surface area contributed by atoms with Gasteiger partial charge in [0.25, 0.3) is 0 Å². The smallest absolute Gasteiger partial charge is 0.240 e. The molecule has 0 aromatic heterocycles. The first kappa shape index (κ1) is 19.8. The van der Waals surface area contributed by atoms with Crippen molar-refractivity contribution < 1.29 is 14.4 Å². The highest BCUT2D eigenvalue weighted by molar-refractivity contribution is 6.17. The fourth-order valence-corrected chi connectivity index (χ4v) is 3.39. The summed E-state index contributed by atoms with van der Waals surface area (Å²) in [4.78, 5) is 37.4. The molecule has 1 saturated carbocycles. The second-order valence-corrected chi connectivity index (χ2v) is 7.29. The molecule has 2 aromatic carbocycles. The molecule has 0 spiro atoms. The summed E-state index contributed by atoms with van der Waals surface area (Å²) in [7, 11) is 0. The molecule has 5 nitrogen and oxygen atoms in total. The first-order chi connectivity index (χ1) is 13.4. The highest BCUT2D eigenvalue weighted by Crippen LogP contribution is 2.48. The van der Waals surface area contributed by atoms with Crippen LogP contribution in [0.1, 0.15) is 55.1 Å². The lowest BCUT2D eigenvalue weighted by Gasteiger charge is -2.19. The van der Waals surface area contributed by atoms with E-state index in [1.54, 1.807) is 24.3 Å². The minimum Gasteiger partial charge on any atom is -0.325 e. The molecule has 2 aromatic rings. The highest BCUT2D eigenvalue weighted by Gasteiger charge is 2.56. The van der Waals surface area contributed by atoms with Gasteiger partial charge in [-0.2, -0.15) is 0 Å². The third kappa shape index (κ3) is 3.84. The van der Waals surface area contributed by atoms with E-state index in [9.17, 15) is 14.4 Å². The van der Waals surface area contributed by atoms with Crippen molar-refractivity contribution in [3.8, 4) is 0 Å². The maximum Gasteiger partial charge on any atom is 0.240 e. The van der Waals surface area contributed by atoms with Crippen LogP contribution in [0.2, 0.25) is 0 Å². The van der Waals surface area contributed by atoms with Gasteiger partial charge in [-0.05, 0) is 55.9 Å². The van der Waals surface area contributed by atoms with E-state index in [1.165, 1.54) is 6.92 Å². The Kier molecular flexibility index (Phi) is 5.63. The summed E-state index contributed by atoms with van der Waals surface area (Å²) in [6.07, 6.45) is 2.65. The predicted molar refractivity (Wildman–Crippen MR) is 111 cm³/mol. The zero-order valence-electron chi connectivity index (χ0n) is 16.6. The topological polar surface area (TPSA) is 75.3 Å². The number of benzene rings is 2. The van der Waals surface area contributed by atoms with Crippen LogP contribution in [0.15, 0.2) is 42.5 Å². The summed E-state index contributed by atoms with van der Waals surface area (Å²) >= 11 is 0. The van der Waals surface area contributed by atoms with Crippen molar-refractivity contribution in [2.24, 2.45) is 5.41 Å². The van der Waals surface area contributed by atoms with E-state index in [0.29, 0.717) is 24.1 Å². The molecule has 0 bridgehead atoms.